The van der Waals surface area contributed by atoms with Gasteiger partial charge in [0, 0.05) is 13.0 Å². The number of amides is 2. The Labute approximate surface area is 125 Å². The second kappa shape index (κ2) is 5.76. The Kier molecular flexibility index (Phi) is 4.21. The number of benzene rings is 1. The topological polar surface area (TPSA) is 67.4 Å². The number of fused-ring (bicyclic) bond motifs is 1. The Morgan fingerprint density at radius 2 is 2.10 bits per heavy atom. The van der Waals surface area contributed by atoms with E-state index in [1.165, 1.54) is 0 Å². The molecule has 1 aromatic rings. The monoisotopic (exact) mass is 290 g/mol. The van der Waals surface area contributed by atoms with E-state index in [1.54, 1.807) is 6.92 Å². The summed E-state index contributed by atoms with van der Waals surface area (Å²) in [6, 6.07) is 5.54. The van der Waals surface area contributed by atoms with Gasteiger partial charge in [0.2, 0.25) is 5.91 Å². The van der Waals surface area contributed by atoms with Gasteiger partial charge in [-0.3, -0.25) is 9.59 Å². The van der Waals surface area contributed by atoms with Crippen molar-refractivity contribution in [3.63, 3.8) is 0 Å². The van der Waals surface area contributed by atoms with Crippen molar-refractivity contribution in [2.24, 2.45) is 5.41 Å². The van der Waals surface area contributed by atoms with E-state index >= 15 is 0 Å². The first-order valence-electron chi connectivity index (χ1n) is 7.12. The molecule has 2 amide bonds. The van der Waals surface area contributed by atoms with Gasteiger partial charge in [-0.15, -0.1) is 0 Å². The fourth-order valence-corrected chi connectivity index (χ4v) is 2.11. The first-order chi connectivity index (χ1) is 9.74. The zero-order chi connectivity index (χ0) is 15.6. The molecule has 0 radical (unpaired) electrons. The first-order valence-corrected chi connectivity index (χ1v) is 7.12. The number of anilines is 1. The summed E-state index contributed by atoms with van der Waals surface area (Å²) in [5.41, 5.74) is 1.55. The molecule has 0 fully saturated rings. The Morgan fingerprint density at radius 1 is 1.38 bits per heavy atom. The molecule has 1 aromatic carbocycles. The Balaban J connectivity index is 1.98. The first kappa shape index (κ1) is 15.4. The Bertz CT molecular complexity index is 561. The molecule has 0 bridgehead atoms. The quantitative estimate of drug-likeness (QED) is 0.898. The second-order valence-electron chi connectivity index (χ2n) is 6.59. The standard InChI is InChI=1S/C16H22N2O3/c1-10-15(20)18-12-7-11(5-6-13(12)21-10)9-17-14(19)8-16(2,3)4/h5-7,10H,8-9H2,1-4H3,(H,17,19)(H,18,20). The fourth-order valence-electron chi connectivity index (χ4n) is 2.11. The zero-order valence-electron chi connectivity index (χ0n) is 12.9. The van der Waals surface area contributed by atoms with Gasteiger partial charge in [-0.1, -0.05) is 26.8 Å². The smallest absolute Gasteiger partial charge is 0.265 e. The summed E-state index contributed by atoms with van der Waals surface area (Å²) >= 11 is 0. The van der Waals surface area contributed by atoms with Gasteiger partial charge in [0.1, 0.15) is 5.75 Å². The van der Waals surface area contributed by atoms with Gasteiger partial charge in [0.25, 0.3) is 5.91 Å². The van der Waals surface area contributed by atoms with Gasteiger partial charge >= 0.3 is 0 Å². The van der Waals surface area contributed by atoms with E-state index < -0.39 is 6.10 Å². The molecule has 0 spiro atoms. The molecular weight excluding hydrogens is 268 g/mol. The maximum atomic E-state index is 11.8. The highest BCUT2D eigenvalue weighted by molar-refractivity contribution is 5.97. The normalized spacial score (nSPS) is 17.5. The van der Waals surface area contributed by atoms with Crippen LogP contribution < -0.4 is 15.4 Å². The van der Waals surface area contributed by atoms with Crippen molar-refractivity contribution in [2.45, 2.75) is 46.8 Å². The van der Waals surface area contributed by atoms with E-state index in [2.05, 4.69) is 10.6 Å². The average Bonchev–Trinajstić information content (AvgIpc) is 2.36. The SMILES string of the molecule is CC1Oc2ccc(CNC(=O)CC(C)(C)C)cc2NC1=O. The van der Waals surface area contributed by atoms with Crippen LogP contribution in [0.3, 0.4) is 0 Å². The number of hydrogen-bond donors (Lipinski definition) is 2. The minimum Gasteiger partial charge on any atom is -0.479 e. The molecule has 5 heteroatoms. The van der Waals surface area contributed by atoms with Crippen LogP contribution in [0.4, 0.5) is 5.69 Å². The molecule has 0 saturated carbocycles. The van der Waals surface area contributed by atoms with Gasteiger partial charge in [-0.25, -0.2) is 0 Å². The van der Waals surface area contributed by atoms with E-state index in [1.807, 2.05) is 39.0 Å². The molecule has 0 aliphatic carbocycles. The van der Waals surface area contributed by atoms with Crippen molar-refractivity contribution in [1.29, 1.82) is 0 Å². The number of rotatable bonds is 3. The summed E-state index contributed by atoms with van der Waals surface area (Å²) in [5, 5.41) is 5.69. The fraction of sp³-hybridized carbons (Fsp3) is 0.500. The molecule has 114 valence electrons. The molecule has 5 nitrogen and oxygen atoms in total. The Hall–Kier alpha value is -2.04. The predicted octanol–water partition coefficient (Wildman–Crippen LogP) is 2.46. The molecule has 1 heterocycles. The third-order valence-electron chi connectivity index (χ3n) is 3.16. The minimum atomic E-state index is -0.477. The number of carbonyl (C=O) groups is 2. The summed E-state index contributed by atoms with van der Waals surface area (Å²) in [4.78, 5) is 23.4. The van der Waals surface area contributed by atoms with Crippen LogP contribution >= 0.6 is 0 Å². The van der Waals surface area contributed by atoms with Crippen molar-refractivity contribution >= 4 is 17.5 Å². The lowest BCUT2D eigenvalue weighted by atomic mass is 9.92. The molecule has 1 atom stereocenters. The molecule has 21 heavy (non-hydrogen) atoms. The van der Waals surface area contributed by atoms with E-state index in [0.717, 1.165) is 5.56 Å². The lowest BCUT2D eigenvalue weighted by Crippen LogP contribution is -2.34. The molecule has 1 aliphatic heterocycles. The Morgan fingerprint density at radius 3 is 2.76 bits per heavy atom. The molecular formula is C16H22N2O3. The van der Waals surface area contributed by atoms with Crippen LogP contribution in [-0.2, 0) is 16.1 Å². The van der Waals surface area contributed by atoms with Crippen molar-refractivity contribution in [3.8, 4) is 5.75 Å². The van der Waals surface area contributed by atoms with Crippen LogP contribution in [0.2, 0.25) is 0 Å². The predicted molar refractivity (Wildman–Crippen MR) is 81.1 cm³/mol. The van der Waals surface area contributed by atoms with Crippen LogP contribution in [0.25, 0.3) is 0 Å². The summed E-state index contributed by atoms with van der Waals surface area (Å²) in [7, 11) is 0. The summed E-state index contributed by atoms with van der Waals surface area (Å²) < 4.78 is 5.49. The summed E-state index contributed by atoms with van der Waals surface area (Å²) in [5.74, 6) is 0.525. The van der Waals surface area contributed by atoms with Crippen LogP contribution in [0.15, 0.2) is 18.2 Å². The van der Waals surface area contributed by atoms with Gasteiger partial charge in [0.15, 0.2) is 6.10 Å². The summed E-state index contributed by atoms with van der Waals surface area (Å²) in [6.45, 7) is 8.23. The maximum absolute atomic E-state index is 11.8. The van der Waals surface area contributed by atoms with E-state index in [9.17, 15) is 9.59 Å². The van der Waals surface area contributed by atoms with Crippen molar-refractivity contribution < 1.29 is 14.3 Å². The number of nitrogens with one attached hydrogen (secondary N) is 2. The molecule has 2 N–H and O–H groups in total. The molecule has 0 saturated heterocycles. The largest absolute Gasteiger partial charge is 0.479 e. The van der Waals surface area contributed by atoms with Crippen LogP contribution in [0, 0.1) is 5.41 Å². The number of carbonyl (C=O) groups excluding carboxylic acids is 2. The highest BCUT2D eigenvalue weighted by atomic mass is 16.5. The minimum absolute atomic E-state index is 0.0223. The third kappa shape index (κ3) is 4.21. The molecule has 0 aromatic heterocycles. The van der Waals surface area contributed by atoms with E-state index in [0.29, 0.717) is 24.4 Å². The second-order valence-corrected chi connectivity index (χ2v) is 6.59. The van der Waals surface area contributed by atoms with Crippen molar-refractivity contribution in [1.82, 2.24) is 5.32 Å². The lowest BCUT2D eigenvalue weighted by molar-refractivity contribution is -0.123. The third-order valence-corrected chi connectivity index (χ3v) is 3.16. The number of hydrogen-bond acceptors (Lipinski definition) is 3. The van der Waals surface area contributed by atoms with Gasteiger partial charge in [0.05, 0.1) is 5.69 Å². The van der Waals surface area contributed by atoms with Gasteiger partial charge in [-0.05, 0) is 30.0 Å². The zero-order valence-corrected chi connectivity index (χ0v) is 12.9. The molecule has 2 rings (SSSR count). The van der Waals surface area contributed by atoms with Gasteiger partial charge < -0.3 is 15.4 Å². The average molecular weight is 290 g/mol. The van der Waals surface area contributed by atoms with Crippen LogP contribution in [-0.4, -0.2) is 17.9 Å². The lowest BCUT2D eigenvalue weighted by Gasteiger charge is -2.23. The number of ether oxygens (including phenoxy) is 1. The van der Waals surface area contributed by atoms with Crippen molar-refractivity contribution in [3.05, 3.63) is 23.8 Å². The van der Waals surface area contributed by atoms with E-state index in [4.69, 9.17) is 4.74 Å². The highest BCUT2D eigenvalue weighted by Gasteiger charge is 2.23. The highest BCUT2D eigenvalue weighted by Crippen LogP contribution is 2.30. The van der Waals surface area contributed by atoms with Crippen LogP contribution in [0.5, 0.6) is 5.75 Å². The molecule has 1 unspecified atom stereocenters. The maximum Gasteiger partial charge on any atom is 0.265 e. The van der Waals surface area contributed by atoms with Crippen molar-refractivity contribution in [2.75, 3.05) is 5.32 Å². The van der Waals surface area contributed by atoms with Gasteiger partial charge in [-0.2, -0.15) is 0 Å². The van der Waals surface area contributed by atoms with Crippen LogP contribution in [0.1, 0.15) is 39.7 Å². The molecule has 1 aliphatic rings. The summed E-state index contributed by atoms with van der Waals surface area (Å²) in [6.07, 6.45) is 0.00445. The van der Waals surface area contributed by atoms with E-state index in [-0.39, 0.29) is 17.2 Å².